The summed E-state index contributed by atoms with van der Waals surface area (Å²) in [6, 6.07) is 2.00. The maximum atomic E-state index is 13.3. The molecule has 0 aliphatic carbocycles. The molecule has 1 atom stereocenters. The van der Waals surface area contributed by atoms with Crippen molar-refractivity contribution in [1.29, 1.82) is 0 Å². The Labute approximate surface area is 210 Å². The second-order valence-corrected chi connectivity index (χ2v) is 8.18. The summed E-state index contributed by atoms with van der Waals surface area (Å²) in [7, 11) is 1.61. The lowest BCUT2D eigenvalue weighted by Gasteiger charge is -2.22. The van der Waals surface area contributed by atoms with E-state index in [1.807, 2.05) is 44.3 Å². The lowest BCUT2D eigenvalue weighted by atomic mass is 10.0. The largest absolute Gasteiger partial charge is 0.484 e. The van der Waals surface area contributed by atoms with Crippen molar-refractivity contribution < 1.29 is 13.9 Å². The summed E-state index contributed by atoms with van der Waals surface area (Å²) in [5, 5.41) is 0. The zero-order chi connectivity index (χ0) is 26.2. The third-order valence-electron chi connectivity index (χ3n) is 5.42. The Kier molecular flexibility index (Phi) is 13.8. The molecule has 0 aromatic carbocycles. The number of rotatable bonds is 14. The van der Waals surface area contributed by atoms with Crippen LogP contribution in [-0.4, -0.2) is 41.9 Å². The molecule has 0 spiro atoms. The SMILES string of the molecule is C=C/C(F)=C\C=C(/C)C(=O)N(CC)CCC[C@@H](C)C(=NC(=C)c1cc(/C=C\C=C/CC)c[nH]1)OC. The zero-order valence-electron chi connectivity index (χ0n) is 21.8. The molecule has 0 bridgehead atoms. The Morgan fingerprint density at radius 3 is 2.69 bits per heavy atom. The summed E-state index contributed by atoms with van der Waals surface area (Å²) in [4.78, 5) is 22.2. The summed E-state index contributed by atoms with van der Waals surface area (Å²) in [5.41, 5.74) is 2.95. The summed E-state index contributed by atoms with van der Waals surface area (Å²) in [6.07, 6.45) is 16.5. The van der Waals surface area contributed by atoms with Crippen LogP contribution in [0.15, 0.2) is 78.3 Å². The summed E-state index contributed by atoms with van der Waals surface area (Å²) in [6.45, 7) is 16.4. The first-order valence-electron chi connectivity index (χ1n) is 12.1. The third kappa shape index (κ3) is 10.6. The van der Waals surface area contributed by atoms with Gasteiger partial charge in [-0.1, -0.05) is 57.4 Å². The molecule has 1 amide bonds. The topological polar surface area (TPSA) is 57.7 Å². The van der Waals surface area contributed by atoms with E-state index in [1.165, 1.54) is 12.2 Å². The molecule has 1 heterocycles. The molecule has 0 radical (unpaired) electrons. The van der Waals surface area contributed by atoms with Crippen molar-refractivity contribution in [2.24, 2.45) is 10.9 Å². The number of allylic oxidation sites excluding steroid dienone is 7. The molecule has 1 aromatic rings. The van der Waals surface area contributed by atoms with Crippen LogP contribution in [0.5, 0.6) is 0 Å². The smallest absolute Gasteiger partial charge is 0.249 e. The summed E-state index contributed by atoms with van der Waals surface area (Å²) >= 11 is 0. The van der Waals surface area contributed by atoms with E-state index in [-0.39, 0.29) is 11.8 Å². The normalized spacial score (nSPS) is 13.9. The number of hydrogen-bond donors (Lipinski definition) is 1. The maximum Gasteiger partial charge on any atom is 0.249 e. The molecule has 1 aromatic heterocycles. The van der Waals surface area contributed by atoms with Crippen molar-refractivity contribution in [1.82, 2.24) is 9.88 Å². The minimum Gasteiger partial charge on any atom is -0.484 e. The predicted octanol–water partition coefficient (Wildman–Crippen LogP) is 7.26. The molecule has 0 saturated heterocycles. The van der Waals surface area contributed by atoms with Crippen LogP contribution < -0.4 is 0 Å². The minimum atomic E-state index is -0.474. The van der Waals surface area contributed by atoms with Gasteiger partial charge < -0.3 is 14.6 Å². The van der Waals surface area contributed by atoms with Crippen LogP contribution in [0.1, 0.15) is 58.2 Å². The van der Waals surface area contributed by atoms with E-state index in [1.54, 1.807) is 18.9 Å². The molecule has 0 fully saturated rings. The van der Waals surface area contributed by atoms with Gasteiger partial charge in [-0.3, -0.25) is 4.79 Å². The Hall–Kier alpha value is -3.41. The van der Waals surface area contributed by atoms with Gasteiger partial charge in [-0.15, -0.1) is 0 Å². The molecule has 190 valence electrons. The molecule has 1 rings (SSSR count). The number of aliphatic imine (C=N–C) groups is 1. The van der Waals surface area contributed by atoms with Gasteiger partial charge in [0.25, 0.3) is 0 Å². The molecule has 0 aliphatic rings. The number of methoxy groups -OCH3 is 1. The standard InChI is InChI=1S/C29H40FN3O2/c1-8-11-12-13-16-25-20-27(31-21-25)24(6)32-28(35-7)22(4)15-14-19-33(10-3)29(34)23(5)17-18-26(30)9-2/h9,11-13,16-18,20-22,31H,2,6,8,10,14-15,19H2,1,3-5,7H3/b12-11-,16-13-,23-17+,26-18+,32-28?/t22-/m1/s1. The van der Waals surface area contributed by atoms with Crippen LogP contribution in [0.4, 0.5) is 4.39 Å². The van der Waals surface area contributed by atoms with Gasteiger partial charge >= 0.3 is 0 Å². The van der Waals surface area contributed by atoms with Crippen LogP contribution in [0.2, 0.25) is 0 Å². The fourth-order valence-electron chi connectivity index (χ4n) is 3.31. The first-order valence-corrected chi connectivity index (χ1v) is 12.1. The first-order chi connectivity index (χ1) is 16.8. The summed E-state index contributed by atoms with van der Waals surface area (Å²) in [5.74, 6) is 0.0746. The predicted molar refractivity (Wildman–Crippen MR) is 147 cm³/mol. The number of amides is 1. The highest BCUT2D eigenvalue weighted by molar-refractivity contribution is 5.93. The number of aromatic amines is 1. The quantitative estimate of drug-likeness (QED) is 0.132. The zero-order valence-corrected chi connectivity index (χ0v) is 21.8. The fourth-order valence-corrected chi connectivity index (χ4v) is 3.31. The van der Waals surface area contributed by atoms with E-state index in [4.69, 9.17) is 4.74 Å². The van der Waals surface area contributed by atoms with Crippen LogP contribution in [-0.2, 0) is 9.53 Å². The van der Waals surface area contributed by atoms with Crippen LogP contribution in [0.25, 0.3) is 11.8 Å². The van der Waals surface area contributed by atoms with Crippen molar-refractivity contribution in [3.63, 3.8) is 0 Å². The molecule has 0 saturated carbocycles. The van der Waals surface area contributed by atoms with Gasteiger partial charge in [0, 0.05) is 30.8 Å². The highest BCUT2D eigenvalue weighted by Crippen LogP contribution is 2.19. The van der Waals surface area contributed by atoms with E-state index < -0.39 is 5.83 Å². The lowest BCUT2D eigenvalue weighted by Crippen LogP contribution is -2.32. The Balaban J connectivity index is 2.72. The Bertz CT molecular complexity index is 995. The van der Waals surface area contributed by atoms with Gasteiger partial charge in [0.05, 0.1) is 18.5 Å². The van der Waals surface area contributed by atoms with Gasteiger partial charge in [-0.2, -0.15) is 0 Å². The summed E-state index contributed by atoms with van der Waals surface area (Å²) < 4.78 is 18.8. The van der Waals surface area contributed by atoms with E-state index in [2.05, 4.69) is 36.1 Å². The van der Waals surface area contributed by atoms with Crippen LogP contribution in [0, 0.1) is 5.92 Å². The van der Waals surface area contributed by atoms with Crippen molar-refractivity contribution in [2.75, 3.05) is 20.2 Å². The van der Waals surface area contributed by atoms with E-state index in [9.17, 15) is 9.18 Å². The number of ether oxygens (including phenoxy) is 1. The number of H-pyrrole nitrogens is 1. The van der Waals surface area contributed by atoms with Crippen molar-refractivity contribution in [2.45, 2.75) is 47.0 Å². The second kappa shape index (κ2) is 16.3. The number of likely N-dealkylation sites (N-methyl/N-ethyl adjacent to an activating group) is 1. The van der Waals surface area contributed by atoms with Crippen molar-refractivity contribution in [3.8, 4) is 0 Å². The highest BCUT2D eigenvalue weighted by atomic mass is 19.1. The number of halogens is 1. The molecule has 35 heavy (non-hydrogen) atoms. The van der Waals surface area contributed by atoms with Gasteiger partial charge in [0.2, 0.25) is 5.91 Å². The highest BCUT2D eigenvalue weighted by Gasteiger charge is 2.16. The fraction of sp³-hybridized carbons (Fsp3) is 0.379. The average Bonchev–Trinajstić information content (AvgIpc) is 3.34. The molecule has 0 unspecified atom stereocenters. The lowest BCUT2D eigenvalue weighted by molar-refractivity contribution is -0.127. The number of nitrogens with one attached hydrogen (secondary N) is 1. The third-order valence-corrected chi connectivity index (χ3v) is 5.42. The van der Waals surface area contributed by atoms with Crippen LogP contribution in [0.3, 0.4) is 0 Å². The number of aromatic nitrogens is 1. The average molecular weight is 482 g/mol. The Morgan fingerprint density at radius 2 is 2.06 bits per heavy atom. The number of carbonyl (C=O) groups is 1. The number of hydrogen-bond acceptors (Lipinski definition) is 3. The number of carbonyl (C=O) groups excluding carboxylic acids is 1. The number of nitrogens with zero attached hydrogens (tertiary/aromatic N) is 2. The molecule has 6 heteroatoms. The van der Waals surface area contributed by atoms with Gasteiger partial charge in [-0.25, -0.2) is 9.38 Å². The maximum absolute atomic E-state index is 13.3. The van der Waals surface area contributed by atoms with Gasteiger partial charge in [-0.05, 0) is 56.9 Å². The molecular weight excluding hydrogens is 441 g/mol. The second-order valence-electron chi connectivity index (χ2n) is 8.18. The van der Waals surface area contributed by atoms with E-state index in [0.717, 1.165) is 36.6 Å². The van der Waals surface area contributed by atoms with Gasteiger partial charge in [0.1, 0.15) is 5.83 Å². The Morgan fingerprint density at radius 1 is 1.31 bits per heavy atom. The van der Waals surface area contributed by atoms with Crippen molar-refractivity contribution >= 4 is 23.6 Å². The first kappa shape index (κ1) is 29.6. The van der Waals surface area contributed by atoms with E-state index in [0.29, 0.717) is 30.3 Å². The molecule has 1 N–H and O–H groups in total. The minimum absolute atomic E-state index is 0.0559. The molecule has 0 aliphatic heterocycles. The monoisotopic (exact) mass is 481 g/mol. The van der Waals surface area contributed by atoms with Crippen LogP contribution >= 0.6 is 0 Å². The van der Waals surface area contributed by atoms with E-state index >= 15 is 0 Å². The van der Waals surface area contributed by atoms with Crippen molar-refractivity contribution in [3.05, 3.63) is 84.5 Å². The molecule has 5 nitrogen and oxygen atoms in total. The van der Waals surface area contributed by atoms with Gasteiger partial charge in [0.15, 0.2) is 5.90 Å². The molecular formula is C29H40FN3O2.